The summed E-state index contributed by atoms with van der Waals surface area (Å²) in [5, 5.41) is 9.56. The molecule has 0 aliphatic carbocycles. The zero-order chi connectivity index (χ0) is 35.0. The molecule has 0 amide bonds. The number of carboxylic acids is 1. The van der Waals surface area contributed by atoms with Crippen LogP contribution in [0.25, 0.3) is 0 Å². The second-order valence-corrected chi connectivity index (χ2v) is 13.5. The molecule has 0 aliphatic rings. The van der Waals surface area contributed by atoms with E-state index >= 15 is 0 Å². The molecule has 8 nitrogen and oxygen atoms in total. The topological polar surface area (TPSA) is 99.1 Å². The molecule has 0 radical (unpaired) electrons. The smallest absolute Gasteiger partial charge is 0.362 e. The highest BCUT2D eigenvalue weighted by molar-refractivity contribution is 5.72. The summed E-state index contributed by atoms with van der Waals surface area (Å²) in [5.41, 5.74) is 0. The highest BCUT2D eigenvalue weighted by atomic mass is 16.6. The van der Waals surface area contributed by atoms with Gasteiger partial charge in [0, 0.05) is 19.3 Å². The van der Waals surface area contributed by atoms with Gasteiger partial charge in [-0.2, -0.15) is 0 Å². The van der Waals surface area contributed by atoms with Crippen LogP contribution in [0.2, 0.25) is 0 Å². The molecule has 2 atom stereocenters. The third-order valence-corrected chi connectivity index (χ3v) is 8.12. The molecule has 0 aromatic heterocycles. The zero-order valence-electron chi connectivity index (χ0n) is 30.7. The first kappa shape index (κ1) is 44.5. The van der Waals surface area contributed by atoms with Crippen molar-refractivity contribution in [3.8, 4) is 0 Å². The van der Waals surface area contributed by atoms with Crippen molar-refractivity contribution < 1.29 is 38.2 Å². The number of esters is 2. The van der Waals surface area contributed by atoms with Gasteiger partial charge in [0.05, 0.1) is 34.4 Å². The van der Waals surface area contributed by atoms with Gasteiger partial charge < -0.3 is 23.8 Å². The first-order chi connectivity index (χ1) is 22.6. The van der Waals surface area contributed by atoms with Crippen LogP contribution in [0.5, 0.6) is 0 Å². The predicted octanol–water partition coefficient (Wildman–Crippen LogP) is 9.13. The molecule has 0 aromatic rings. The fourth-order valence-electron chi connectivity index (χ4n) is 5.21. The van der Waals surface area contributed by atoms with E-state index in [4.69, 9.17) is 14.2 Å². The van der Waals surface area contributed by atoms with Crippen molar-refractivity contribution in [1.29, 1.82) is 0 Å². The van der Waals surface area contributed by atoms with Crippen LogP contribution in [0.4, 0.5) is 0 Å². The summed E-state index contributed by atoms with van der Waals surface area (Å²) in [7, 11) is 5.50. The molecule has 2 unspecified atom stereocenters. The Kier molecular flexibility index (Phi) is 29.2. The standard InChI is InChI=1S/C39H69NO7/c1-6-8-10-12-14-16-18-19-20-22-23-25-27-29-37(41)46-34-35(33-45-32-31-36(39(43)44)40(3,4)5)47-38(42)30-28-26-24-21-17-15-13-11-9-7-2/h8,10,12,14,16,18,35-36H,6-7,9,11,13,15,17,19-34H2,1-5H3/p+1/b10-8+,14-12+,18-16+. The summed E-state index contributed by atoms with van der Waals surface area (Å²) in [6.45, 7) is 4.55. The molecular weight excluding hydrogens is 594 g/mol. The molecule has 0 saturated carbocycles. The average molecular weight is 665 g/mol. The van der Waals surface area contributed by atoms with E-state index in [1.165, 1.54) is 44.9 Å². The number of ether oxygens (including phenoxy) is 3. The predicted molar refractivity (Wildman–Crippen MR) is 192 cm³/mol. The van der Waals surface area contributed by atoms with Gasteiger partial charge in [-0.25, -0.2) is 4.79 Å². The SMILES string of the molecule is CC/C=C/C=C/C=C/CCCCCCCC(=O)OCC(COCCC(C(=O)O)[N+](C)(C)C)OC(=O)CCCCCCCCCCCC. The van der Waals surface area contributed by atoms with Crippen molar-refractivity contribution in [2.75, 3.05) is 41.0 Å². The highest BCUT2D eigenvalue weighted by Gasteiger charge is 2.31. The van der Waals surface area contributed by atoms with Gasteiger partial charge in [-0.1, -0.05) is 127 Å². The van der Waals surface area contributed by atoms with Crippen molar-refractivity contribution in [2.45, 2.75) is 154 Å². The number of rotatable bonds is 32. The monoisotopic (exact) mass is 665 g/mol. The largest absolute Gasteiger partial charge is 0.477 e. The van der Waals surface area contributed by atoms with Crippen LogP contribution in [0.1, 0.15) is 142 Å². The van der Waals surface area contributed by atoms with Crippen LogP contribution in [0.3, 0.4) is 0 Å². The molecule has 0 fully saturated rings. The molecule has 0 heterocycles. The number of likely N-dealkylation sites (N-methyl/N-ethyl adjacent to an activating group) is 1. The molecule has 0 aliphatic heterocycles. The van der Waals surface area contributed by atoms with E-state index < -0.39 is 18.1 Å². The van der Waals surface area contributed by atoms with Crippen LogP contribution >= 0.6 is 0 Å². The van der Waals surface area contributed by atoms with E-state index in [0.29, 0.717) is 19.3 Å². The summed E-state index contributed by atoms with van der Waals surface area (Å²) < 4.78 is 17.1. The number of aliphatic carboxylic acids is 1. The Bertz CT molecular complexity index is 875. The maximum Gasteiger partial charge on any atom is 0.362 e. The Morgan fingerprint density at radius 3 is 1.74 bits per heavy atom. The highest BCUT2D eigenvalue weighted by Crippen LogP contribution is 2.13. The van der Waals surface area contributed by atoms with E-state index in [1.807, 2.05) is 27.2 Å². The van der Waals surface area contributed by atoms with Gasteiger partial charge in [0.25, 0.3) is 0 Å². The Labute approximate surface area is 287 Å². The van der Waals surface area contributed by atoms with Gasteiger partial charge in [0.2, 0.25) is 0 Å². The minimum absolute atomic E-state index is 0.0558. The molecule has 0 saturated heterocycles. The van der Waals surface area contributed by atoms with Crippen LogP contribution in [-0.2, 0) is 28.6 Å². The number of carbonyl (C=O) groups excluding carboxylic acids is 2. The van der Waals surface area contributed by atoms with Crippen LogP contribution in [0, 0.1) is 0 Å². The van der Waals surface area contributed by atoms with Gasteiger partial charge in [0.15, 0.2) is 12.1 Å². The molecule has 1 N–H and O–H groups in total. The molecule has 0 spiro atoms. The number of allylic oxidation sites excluding steroid dienone is 6. The average Bonchev–Trinajstić information content (AvgIpc) is 3.01. The van der Waals surface area contributed by atoms with E-state index in [9.17, 15) is 19.5 Å². The van der Waals surface area contributed by atoms with E-state index in [2.05, 4.69) is 44.2 Å². The van der Waals surface area contributed by atoms with Crippen LogP contribution in [-0.4, -0.2) is 80.6 Å². The minimum atomic E-state index is -0.880. The minimum Gasteiger partial charge on any atom is -0.477 e. The molecule has 0 bridgehead atoms. The summed E-state index contributed by atoms with van der Waals surface area (Å²) in [5.74, 6) is -1.50. The molecular formula is C39H70NO7+. The maximum atomic E-state index is 12.6. The number of nitrogens with zero attached hydrogens (tertiary/aromatic N) is 1. The van der Waals surface area contributed by atoms with Gasteiger partial charge in [-0.05, 0) is 32.1 Å². The van der Waals surface area contributed by atoms with Gasteiger partial charge in [-0.3, -0.25) is 9.59 Å². The van der Waals surface area contributed by atoms with Crippen molar-refractivity contribution in [1.82, 2.24) is 0 Å². The van der Waals surface area contributed by atoms with E-state index in [0.717, 1.165) is 64.2 Å². The van der Waals surface area contributed by atoms with Crippen molar-refractivity contribution in [3.05, 3.63) is 36.5 Å². The fourth-order valence-corrected chi connectivity index (χ4v) is 5.21. The normalized spacial score (nSPS) is 13.5. The van der Waals surface area contributed by atoms with E-state index in [-0.39, 0.29) is 36.2 Å². The molecule has 47 heavy (non-hydrogen) atoms. The number of hydrogen-bond donors (Lipinski definition) is 1. The van der Waals surface area contributed by atoms with Gasteiger partial charge in [0.1, 0.15) is 6.61 Å². The van der Waals surface area contributed by atoms with E-state index in [1.54, 1.807) is 0 Å². The lowest BCUT2D eigenvalue weighted by Crippen LogP contribution is -2.50. The van der Waals surface area contributed by atoms with Crippen LogP contribution < -0.4 is 0 Å². The van der Waals surface area contributed by atoms with Gasteiger partial charge >= 0.3 is 17.9 Å². The van der Waals surface area contributed by atoms with Crippen molar-refractivity contribution >= 4 is 17.9 Å². The second kappa shape index (κ2) is 30.9. The lowest BCUT2D eigenvalue weighted by molar-refractivity contribution is -0.887. The lowest BCUT2D eigenvalue weighted by atomic mass is 10.1. The summed E-state index contributed by atoms with van der Waals surface area (Å²) in [4.78, 5) is 36.7. The first-order valence-corrected chi connectivity index (χ1v) is 18.6. The number of carboxylic acid groups (broad SMARTS) is 1. The molecule has 8 heteroatoms. The Morgan fingerprint density at radius 2 is 1.19 bits per heavy atom. The number of carbonyl (C=O) groups is 3. The zero-order valence-corrected chi connectivity index (χ0v) is 30.7. The quantitative estimate of drug-likeness (QED) is 0.0331. The summed E-state index contributed by atoms with van der Waals surface area (Å²) in [6.07, 6.45) is 31.8. The van der Waals surface area contributed by atoms with Crippen LogP contribution in [0.15, 0.2) is 36.5 Å². The maximum absolute atomic E-state index is 12.6. The molecule has 0 rings (SSSR count). The summed E-state index contributed by atoms with van der Waals surface area (Å²) in [6, 6.07) is -0.614. The summed E-state index contributed by atoms with van der Waals surface area (Å²) >= 11 is 0. The first-order valence-electron chi connectivity index (χ1n) is 18.6. The Hall–Kier alpha value is -2.45. The number of hydrogen-bond acceptors (Lipinski definition) is 6. The fraction of sp³-hybridized carbons (Fsp3) is 0.769. The van der Waals surface area contributed by atoms with Gasteiger partial charge in [-0.15, -0.1) is 0 Å². The third-order valence-electron chi connectivity index (χ3n) is 8.12. The number of unbranched alkanes of at least 4 members (excludes halogenated alkanes) is 14. The number of quaternary nitrogens is 1. The molecule has 0 aromatic carbocycles. The lowest BCUT2D eigenvalue weighted by Gasteiger charge is -2.31. The Morgan fingerprint density at radius 1 is 0.660 bits per heavy atom. The van der Waals surface area contributed by atoms with Crippen molar-refractivity contribution in [3.63, 3.8) is 0 Å². The second-order valence-electron chi connectivity index (χ2n) is 13.5. The Balaban J connectivity index is 4.46. The third kappa shape index (κ3) is 29.4. The molecule has 272 valence electrons. The van der Waals surface area contributed by atoms with Crippen molar-refractivity contribution in [2.24, 2.45) is 0 Å².